The van der Waals surface area contributed by atoms with Crippen LogP contribution in [0, 0.1) is 5.92 Å². The largest absolute Gasteiger partial charge is 0.321 e. The van der Waals surface area contributed by atoms with Gasteiger partial charge in [0.25, 0.3) is 5.91 Å². The number of urea groups is 2. The van der Waals surface area contributed by atoms with E-state index in [4.69, 9.17) is 0 Å². The summed E-state index contributed by atoms with van der Waals surface area (Å²) in [5, 5.41) is 11.7. The van der Waals surface area contributed by atoms with Crippen LogP contribution in [-0.4, -0.2) is 47.5 Å². The standard InChI is InChI=1S/C12H20N6O3/c1-6(2)4-7(3)16-17-8(19)5-18-10-9(14-12(18)21)13-11(20)15-10/h6,9-10H,4-5H2,1-3H3,(H,14,21)(H,17,19)(H2,13,15,20)/b16-7-/t9-,10-/m0/s1. The third-order valence-electron chi connectivity index (χ3n) is 3.15. The topological polar surface area (TPSA) is 115 Å². The van der Waals surface area contributed by atoms with Gasteiger partial charge in [-0.3, -0.25) is 9.69 Å². The molecule has 2 heterocycles. The van der Waals surface area contributed by atoms with E-state index in [1.165, 1.54) is 4.90 Å². The minimum Gasteiger partial charge on any atom is -0.314 e. The minimum absolute atomic E-state index is 0.173. The van der Waals surface area contributed by atoms with Gasteiger partial charge in [0, 0.05) is 5.71 Å². The van der Waals surface area contributed by atoms with Crippen molar-refractivity contribution in [3.8, 4) is 0 Å². The first kappa shape index (κ1) is 15.1. The number of hydrogen-bond acceptors (Lipinski definition) is 4. The Labute approximate surface area is 122 Å². The van der Waals surface area contributed by atoms with Gasteiger partial charge in [-0.15, -0.1) is 0 Å². The highest BCUT2D eigenvalue weighted by Gasteiger charge is 2.45. The maximum atomic E-state index is 11.8. The lowest BCUT2D eigenvalue weighted by atomic mass is 10.1. The van der Waals surface area contributed by atoms with E-state index in [-0.39, 0.29) is 12.6 Å². The third-order valence-corrected chi connectivity index (χ3v) is 3.15. The van der Waals surface area contributed by atoms with Crippen molar-refractivity contribution < 1.29 is 14.4 Å². The van der Waals surface area contributed by atoms with Crippen LogP contribution in [0.3, 0.4) is 0 Å². The average molecular weight is 296 g/mol. The van der Waals surface area contributed by atoms with Crippen LogP contribution >= 0.6 is 0 Å². The van der Waals surface area contributed by atoms with Gasteiger partial charge >= 0.3 is 12.1 Å². The summed E-state index contributed by atoms with van der Waals surface area (Å²) in [6.45, 7) is 5.78. The molecule has 0 radical (unpaired) electrons. The molecule has 116 valence electrons. The lowest BCUT2D eigenvalue weighted by Gasteiger charge is -2.19. The van der Waals surface area contributed by atoms with Crippen molar-refractivity contribution in [2.75, 3.05) is 6.54 Å². The molecule has 2 aliphatic heterocycles. The van der Waals surface area contributed by atoms with E-state index < -0.39 is 24.3 Å². The zero-order valence-corrected chi connectivity index (χ0v) is 12.3. The molecule has 0 aliphatic carbocycles. The molecule has 9 heteroatoms. The summed E-state index contributed by atoms with van der Waals surface area (Å²) < 4.78 is 0. The van der Waals surface area contributed by atoms with Gasteiger partial charge in [-0.2, -0.15) is 5.10 Å². The fourth-order valence-corrected chi connectivity index (χ4v) is 2.35. The lowest BCUT2D eigenvalue weighted by Crippen LogP contribution is -2.47. The normalized spacial score (nSPS) is 24.6. The predicted octanol–water partition coefficient (Wildman–Crippen LogP) is -0.485. The quantitative estimate of drug-likeness (QED) is 0.405. The maximum absolute atomic E-state index is 11.8. The number of amides is 5. The van der Waals surface area contributed by atoms with Crippen molar-refractivity contribution in [2.24, 2.45) is 11.0 Å². The third kappa shape index (κ3) is 3.61. The van der Waals surface area contributed by atoms with Crippen molar-refractivity contribution >= 4 is 23.7 Å². The van der Waals surface area contributed by atoms with Gasteiger partial charge < -0.3 is 16.0 Å². The van der Waals surface area contributed by atoms with Gasteiger partial charge in [0.1, 0.15) is 18.9 Å². The van der Waals surface area contributed by atoms with Gasteiger partial charge in [-0.05, 0) is 19.3 Å². The first-order valence-electron chi connectivity index (χ1n) is 6.83. The number of nitrogens with one attached hydrogen (secondary N) is 4. The fourth-order valence-electron chi connectivity index (χ4n) is 2.35. The summed E-state index contributed by atoms with van der Waals surface area (Å²) in [6.07, 6.45) is -0.282. The Morgan fingerprint density at radius 3 is 2.71 bits per heavy atom. The van der Waals surface area contributed by atoms with Gasteiger partial charge in [0.05, 0.1) is 0 Å². The Hall–Kier alpha value is -2.32. The second-order valence-electron chi connectivity index (χ2n) is 5.60. The summed E-state index contributed by atoms with van der Waals surface area (Å²) in [4.78, 5) is 36.0. The van der Waals surface area contributed by atoms with Crippen LogP contribution in [-0.2, 0) is 4.79 Å². The smallest absolute Gasteiger partial charge is 0.314 e. The van der Waals surface area contributed by atoms with Crippen LogP contribution in [0.25, 0.3) is 0 Å². The SMILES string of the molecule is C/C(CC(C)C)=N/NC(=O)CN1C(=O)N[C@@H]2NC(=O)N[C@H]21. The van der Waals surface area contributed by atoms with Gasteiger partial charge in [-0.1, -0.05) is 13.8 Å². The number of hydrazone groups is 1. The van der Waals surface area contributed by atoms with E-state index in [1.807, 2.05) is 6.92 Å². The molecule has 2 aliphatic rings. The Morgan fingerprint density at radius 1 is 1.33 bits per heavy atom. The molecule has 0 spiro atoms. The van der Waals surface area contributed by atoms with Crippen LogP contribution in [0.2, 0.25) is 0 Å². The van der Waals surface area contributed by atoms with Crippen molar-refractivity contribution in [3.05, 3.63) is 0 Å². The second kappa shape index (κ2) is 5.98. The molecule has 2 atom stereocenters. The summed E-state index contributed by atoms with van der Waals surface area (Å²) in [5.41, 5.74) is 3.24. The van der Waals surface area contributed by atoms with Crippen molar-refractivity contribution in [1.82, 2.24) is 26.3 Å². The van der Waals surface area contributed by atoms with Crippen molar-refractivity contribution in [1.29, 1.82) is 0 Å². The molecule has 4 N–H and O–H groups in total. The number of carbonyl (C=O) groups excluding carboxylic acids is 3. The minimum atomic E-state index is -0.559. The average Bonchev–Trinajstić information content (AvgIpc) is 2.84. The highest BCUT2D eigenvalue weighted by atomic mass is 16.2. The molecule has 0 aromatic carbocycles. The van der Waals surface area contributed by atoms with Gasteiger partial charge in [0.2, 0.25) is 0 Å². The Morgan fingerprint density at radius 2 is 2.05 bits per heavy atom. The first-order valence-corrected chi connectivity index (χ1v) is 6.83. The maximum Gasteiger partial charge on any atom is 0.321 e. The molecule has 21 heavy (non-hydrogen) atoms. The number of nitrogens with zero attached hydrogens (tertiary/aromatic N) is 2. The van der Waals surface area contributed by atoms with Crippen molar-refractivity contribution in [3.63, 3.8) is 0 Å². The number of fused-ring (bicyclic) bond motifs is 1. The molecule has 2 saturated heterocycles. The van der Waals surface area contributed by atoms with Crippen LogP contribution in [0.1, 0.15) is 27.2 Å². The van der Waals surface area contributed by atoms with E-state index in [0.29, 0.717) is 5.92 Å². The molecule has 2 rings (SSSR count). The Balaban J connectivity index is 1.87. The molecule has 9 nitrogen and oxygen atoms in total. The molecular formula is C12H20N6O3. The molecule has 0 aromatic heterocycles. The van der Waals surface area contributed by atoms with Crippen molar-refractivity contribution in [2.45, 2.75) is 39.5 Å². The Kier molecular flexibility index (Phi) is 4.29. The first-order chi connectivity index (χ1) is 9.86. The summed E-state index contributed by atoms with van der Waals surface area (Å²) >= 11 is 0. The van der Waals surface area contributed by atoms with Crippen LogP contribution in [0.5, 0.6) is 0 Å². The molecular weight excluding hydrogens is 276 g/mol. The van der Waals surface area contributed by atoms with E-state index in [1.54, 1.807) is 0 Å². The summed E-state index contributed by atoms with van der Waals surface area (Å²) in [7, 11) is 0. The molecule has 0 bridgehead atoms. The van der Waals surface area contributed by atoms with Gasteiger partial charge in [0.15, 0.2) is 0 Å². The predicted molar refractivity (Wildman–Crippen MR) is 75.2 cm³/mol. The summed E-state index contributed by atoms with van der Waals surface area (Å²) in [5.74, 6) is 0.0469. The molecule has 0 saturated carbocycles. The number of rotatable bonds is 5. The Bertz CT molecular complexity index is 489. The second-order valence-corrected chi connectivity index (χ2v) is 5.60. The summed E-state index contributed by atoms with van der Waals surface area (Å²) in [6, 6.07) is -0.781. The molecule has 5 amide bonds. The molecule has 0 unspecified atom stereocenters. The zero-order valence-electron chi connectivity index (χ0n) is 12.3. The fraction of sp³-hybridized carbons (Fsp3) is 0.667. The van der Waals surface area contributed by atoms with Crippen LogP contribution in [0.4, 0.5) is 9.59 Å². The van der Waals surface area contributed by atoms with E-state index >= 15 is 0 Å². The van der Waals surface area contributed by atoms with Gasteiger partial charge in [-0.25, -0.2) is 15.0 Å². The van der Waals surface area contributed by atoms with Crippen LogP contribution in [0.15, 0.2) is 5.10 Å². The van der Waals surface area contributed by atoms with E-state index in [2.05, 4.69) is 40.3 Å². The lowest BCUT2D eigenvalue weighted by molar-refractivity contribution is -0.121. The molecule has 0 aromatic rings. The van der Waals surface area contributed by atoms with E-state index in [0.717, 1.165) is 12.1 Å². The van der Waals surface area contributed by atoms with Crippen LogP contribution < -0.4 is 21.4 Å². The highest BCUT2D eigenvalue weighted by molar-refractivity contribution is 5.89. The molecule has 2 fully saturated rings. The zero-order chi connectivity index (χ0) is 15.6. The number of hydrogen-bond donors (Lipinski definition) is 4. The highest BCUT2D eigenvalue weighted by Crippen LogP contribution is 2.13. The van der Waals surface area contributed by atoms with E-state index in [9.17, 15) is 14.4 Å². The number of carbonyl (C=O) groups is 3. The monoisotopic (exact) mass is 296 g/mol.